The summed E-state index contributed by atoms with van der Waals surface area (Å²) in [4.78, 5) is 0. The topological polar surface area (TPSA) is 20.2 Å². The Balaban J connectivity index is 1.28. The van der Waals surface area contributed by atoms with Crippen molar-refractivity contribution in [2.45, 2.75) is 78.2 Å². The molecule has 37 heavy (non-hydrogen) atoms. The van der Waals surface area contributed by atoms with E-state index >= 15 is 0 Å². The Morgan fingerprint density at radius 2 is 1.49 bits per heavy atom. The first-order valence-corrected chi connectivity index (χ1v) is 14.8. The van der Waals surface area contributed by atoms with E-state index in [4.69, 9.17) is 0 Å². The third-order valence-electron chi connectivity index (χ3n) is 11.3. The van der Waals surface area contributed by atoms with Gasteiger partial charge in [0, 0.05) is 0 Å². The van der Waals surface area contributed by atoms with E-state index in [-0.39, 0.29) is 6.10 Å². The van der Waals surface area contributed by atoms with Crippen molar-refractivity contribution < 1.29 is 5.11 Å². The number of fused-ring (bicyclic) bond motifs is 5. The van der Waals surface area contributed by atoms with Crippen LogP contribution in [0.25, 0.3) is 5.57 Å². The summed E-state index contributed by atoms with van der Waals surface area (Å²) in [6.45, 7) is 7.58. The summed E-state index contributed by atoms with van der Waals surface area (Å²) in [5.41, 5.74) is 7.75. The molecule has 7 atom stereocenters. The van der Waals surface area contributed by atoms with Crippen molar-refractivity contribution in [2.24, 2.45) is 34.5 Å². The summed E-state index contributed by atoms with van der Waals surface area (Å²) in [6.07, 6.45) is 17.0. The minimum atomic E-state index is -0.113. The minimum absolute atomic E-state index is 0.113. The van der Waals surface area contributed by atoms with Crippen LogP contribution in [0.15, 0.2) is 90.0 Å². The Kier molecular flexibility index (Phi) is 6.56. The van der Waals surface area contributed by atoms with Crippen LogP contribution in [0.1, 0.15) is 83.3 Å². The predicted octanol–water partition coefficient (Wildman–Crippen LogP) is 9.00. The summed E-state index contributed by atoms with van der Waals surface area (Å²) in [5, 5.41) is 10.3. The fourth-order valence-corrected chi connectivity index (χ4v) is 9.32. The Labute approximate surface area is 224 Å². The third kappa shape index (κ3) is 4.28. The van der Waals surface area contributed by atoms with Crippen LogP contribution in [-0.4, -0.2) is 11.2 Å². The SMILES string of the molecule is CC(=CC=C(c1ccccc1)c1ccccc1)C1CCC2C3CC=C4CC(O)CC[C@]4(C)C3CC[C@]12C. The molecule has 1 N–H and O–H groups in total. The van der Waals surface area contributed by atoms with Crippen LogP contribution in [0.4, 0.5) is 0 Å². The van der Waals surface area contributed by atoms with Gasteiger partial charge in [0.1, 0.15) is 0 Å². The first kappa shape index (κ1) is 24.9. The molecule has 1 heteroatoms. The predicted molar refractivity (Wildman–Crippen MR) is 155 cm³/mol. The van der Waals surface area contributed by atoms with Gasteiger partial charge >= 0.3 is 0 Å². The minimum Gasteiger partial charge on any atom is -0.393 e. The maximum atomic E-state index is 10.3. The molecule has 0 saturated heterocycles. The highest BCUT2D eigenvalue weighted by atomic mass is 16.3. The van der Waals surface area contributed by atoms with E-state index in [1.54, 1.807) is 11.1 Å². The quantitative estimate of drug-likeness (QED) is 0.333. The lowest BCUT2D eigenvalue weighted by Gasteiger charge is -2.58. The molecule has 2 aromatic carbocycles. The van der Waals surface area contributed by atoms with Crippen LogP contribution in [-0.2, 0) is 0 Å². The summed E-state index contributed by atoms with van der Waals surface area (Å²) in [6, 6.07) is 21.7. The molecule has 0 radical (unpaired) electrons. The van der Waals surface area contributed by atoms with Crippen molar-refractivity contribution >= 4 is 5.57 Å². The van der Waals surface area contributed by atoms with Gasteiger partial charge in [-0.25, -0.2) is 0 Å². The van der Waals surface area contributed by atoms with Crippen molar-refractivity contribution in [2.75, 3.05) is 0 Å². The zero-order chi connectivity index (χ0) is 25.6. The van der Waals surface area contributed by atoms with E-state index in [0.29, 0.717) is 16.7 Å². The highest BCUT2D eigenvalue weighted by Crippen LogP contribution is 2.67. The molecule has 0 spiro atoms. The maximum absolute atomic E-state index is 10.3. The van der Waals surface area contributed by atoms with Crippen LogP contribution in [0, 0.1) is 34.5 Å². The molecule has 6 rings (SSSR count). The molecule has 194 valence electrons. The number of benzene rings is 2. The smallest absolute Gasteiger partial charge is 0.0577 e. The zero-order valence-corrected chi connectivity index (χ0v) is 23.0. The average Bonchev–Trinajstić information content (AvgIpc) is 3.28. The molecule has 0 heterocycles. The first-order valence-electron chi connectivity index (χ1n) is 14.8. The molecule has 3 saturated carbocycles. The average molecular weight is 493 g/mol. The molecular formula is C36H44O. The maximum Gasteiger partial charge on any atom is 0.0577 e. The van der Waals surface area contributed by atoms with Gasteiger partial charge in [0.25, 0.3) is 0 Å². The molecule has 4 aliphatic rings. The highest BCUT2D eigenvalue weighted by Gasteiger charge is 2.58. The molecule has 0 aromatic heterocycles. The molecule has 0 bridgehead atoms. The van der Waals surface area contributed by atoms with Crippen LogP contribution < -0.4 is 0 Å². The van der Waals surface area contributed by atoms with Crippen molar-refractivity contribution in [1.82, 2.24) is 0 Å². The Hall–Kier alpha value is -2.38. The van der Waals surface area contributed by atoms with E-state index < -0.39 is 0 Å². The van der Waals surface area contributed by atoms with E-state index in [0.717, 1.165) is 30.6 Å². The summed E-state index contributed by atoms with van der Waals surface area (Å²) in [5.74, 6) is 3.13. The van der Waals surface area contributed by atoms with Gasteiger partial charge in [0.15, 0.2) is 0 Å². The number of hydrogen-bond donors (Lipinski definition) is 1. The van der Waals surface area contributed by atoms with E-state index in [1.165, 1.54) is 55.2 Å². The molecule has 0 amide bonds. The van der Waals surface area contributed by atoms with E-state index in [9.17, 15) is 5.11 Å². The third-order valence-corrected chi connectivity index (χ3v) is 11.3. The summed E-state index contributed by atoms with van der Waals surface area (Å²) < 4.78 is 0. The number of allylic oxidation sites excluding steroid dienone is 4. The normalized spacial score (nSPS) is 37.1. The summed E-state index contributed by atoms with van der Waals surface area (Å²) >= 11 is 0. The Bertz CT molecular complexity index is 1160. The highest BCUT2D eigenvalue weighted by molar-refractivity contribution is 5.80. The fraction of sp³-hybridized carbons (Fsp3) is 0.500. The number of aliphatic hydroxyl groups is 1. The van der Waals surface area contributed by atoms with Crippen molar-refractivity contribution in [1.29, 1.82) is 0 Å². The van der Waals surface area contributed by atoms with Gasteiger partial charge in [0.05, 0.1) is 6.10 Å². The van der Waals surface area contributed by atoms with Gasteiger partial charge in [0.2, 0.25) is 0 Å². The molecule has 4 aliphatic carbocycles. The van der Waals surface area contributed by atoms with Crippen molar-refractivity contribution in [3.8, 4) is 0 Å². The van der Waals surface area contributed by atoms with Crippen LogP contribution in [0.5, 0.6) is 0 Å². The van der Waals surface area contributed by atoms with Crippen LogP contribution in [0.2, 0.25) is 0 Å². The van der Waals surface area contributed by atoms with Crippen LogP contribution in [0.3, 0.4) is 0 Å². The largest absolute Gasteiger partial charge is 0.393 e. The standard InChI is InChI=1S/C36H44O/c1-25(14-16-30(26-10-6-4-7-11-26)27-12-8-5-9-13-27)32-18-19-33-31-17-15-28-24-29(37)20-22-35(28,2)34(31)21-23-36(32,33)3/h4-16,29,31-34,37H,17-24H2,1-3H3/t29?,31?,32?,33?,34?,35-,36+/m0/s1. The van der Waals surface area contributed by atoms with Crippen LogP contribution >= 0.6 is 0 Å². The Morgan fingerprint density at radius 3 is 2.16 bits per heavy atom. The van der Waals surface area contributed by atoms with Gasteiger partial charge < -0.3 is 5.11 Å². The first-order chi connectivity index (χ1) is 17.9. The molecule has 3 fully saturated rings. The Morgan fingerprint density at radius 1 is 0.811 bits per heavy atom. The molecule has 0 aliphatic heterocycles. The lowest BCUT2D eigenvalue weighted by atomic mass is 9.47. The van der Waals surface area contributed by atoms with Gasteiger partial charge in [-0.05, 0) is 109 Å². The summed E-state index contributed by atoms with van der Waals surface area (Å²) in [7, 11) is 0. The number of hydrogen-bond acceptors (Lipinski definition) is 1. The molecule has 2 aromatic rings. The number of rotatable bonds is 4. The zero-order valence-electron chi connectivity index (χ0n) is 23.0. The van der Waals surface area contributed by atoms with Crippen molar-refractivity contribution in [3.05, 3.63) is 101 Å². The number of aliphatic hydroxyl groups excluding tert-OH is 1. The van der Waals surface area contributed by atoms with Gasteiger partial charge in [-0.3, -0.25) is 0 Å². The second-order valence-electron chi connectivity index (χ2n) is 13.1. The van der Waals surface area contributed by atoms with E-state index in [1.807, 2.05) is 0 Å². The molecular weight excluding hydrogens is 448 g/mol. The van der Waals surface area contributed by atoms with Gasteiger partial charge in [-0.15, -0.1) is 0 Å². The monoisotopic (exact) mass is 492 g/mol. The van der Waals surface area contributed by atoms with E-state index in [2.05, 4.69) is 99.7 Å². The lowest BCUT2D eigenvalue weighted by Crippen LogP contribution is -2.50. The molecule has 5 unspecified atom stereocenters. The second kappa shape index (κ2) is 9.73. The second-order valence-corrected chi connectivity index (χ2v) is 13.1. The fourth-order valence-electron chi connectivity index (χ4n) is 9.32. The lowest BCUT2D eigenvalue weighted by molar-refractivity contribution is -0.0454. The van der Waals surface area contributed by atoms with Crippen molar-refractivity contribution in [3.63, 3.8) is 0 Å². The van der Waals surface area contributed by atoms with Gasteiger partial charge in [-0.2, -0.15) is 0 Å². The van der Waals surface area contributed by atoms with Gasteiger partial charge in [-0.1, -0.05) is 104 Å². The molecule has 1 nitrogen and oxygen atoms in total.